The first-order chi connectivity index (χ1) is 17.1. The van der Waals surface area contributed by atoms with Crippen molar-refractivity contribution in [3.05, 3.63) is 40.4 Å². The van der Waals surface area contributed by atoms with E-state index < -0.39 is 30.7 Å². The fourth-order valence-corrected chi connectivity index (χ4v) is 5.47. The van der Waals surface area contributed by atoms with Gasteiger partial charge in [0.2, 0.25) is 0 Å². The van der Waals surface area contributed by atoms with Gasteiger partial charge >= 0.3 is 6.01 Å². The number of hydrogen-bond donors (Lipinski definition) is 1. The molecule has 3 heterocycles. The molecule has 1 aliphatic heterocycles. The third-order valence-electron chi connectivity index (χ3n) is 5.76. The number of ether oxygens (including phenoxy) is 2. The van der Waals surface area contributed by atoms with Gasteiger partial charge in [-0.1, -0.05) is 17.7 Å². The van der Waals surface area contributed by atoms with Crippen LogP contribution in [0.1, 0.15) is 5.56 Å². The molecule has 1 saturated heterocycles. The second kappa shape index (κ2) is 8.92. The normalized spacial score (nSPS) is 15.8. The van der Waals surface area contributed by atoms with Crippen LogP contribution in [-0.2, 0) is 4.74 Å². The van der Waals surface area contributed by atoms with Gasteiger partial charge in [0, 0.05) is 22.9 Å². The van der Waals surface area contributed by atoms with Crippen LogP contribution in [0.2, 0.25) is 5.02 Å². The number of methoxy groups -OCH3 is 1. The highest BCUT2D eigenvalue weighted by atomic mass is 35.5. The molecule has 186 valence electrons. The number of nitriles is 1. The minimum atomic E-state index is -3.17. The van der Waals surface area contributed by atoms with E-state index in [-0.39, 0.29) is 72.7 Å². The smallest absolute Gasteiger partial charge is 0.318 e. The van der Waals surface area contributed by atoms with Gasteiger partial charge in [0.1, 0.15) is 34.8 Å². The van der Waals surface area contributed by atoms with Gasteiger partial charge in [0.25, 0.3) is 5.92 Å². The topological polar surface area (TPSA) is 97.3 Å². The van der Waals surface area contributed by atoms with Crippen molar-refractivity contribution in [3.63, 3.8) is 0 Å². The lowest BCUT2D eigenvalue weighted by Gasteiger charge is -2.25. The third kappa shape index (κ3) is 3.93. The second-order valence-corrected chi connectivity index (χ2v) is 9.52. The molecule has 0 saturated carbocycles. The zero-order valence-corrected chi connectivity index (χ0v) is 20.1. The van der Waals surface area contributed by atoms with Crippen LogP contribution < -0.4 is 15.4 Å². The zero-order valence-electron chi connectivity index (χ0n) is 18.5. The van der Waals surface area contributed by atoms with E-state index in [9.17, 15) is 18.4 Å². The van der Waals surface area contributed by atoms with Gasteiger partial charge in [-0.25, -0.2) is 17.6 Å². The van der Waals surface area contributed by atoms with E-state index in [1.807, 2.05) is 6.07 Å². The summed E-state index contributed by atoms with van der Waals surface area (Å²) in [7, 11) is 1.26. The molecule has 2 N–H and O–H groups in total. The summed E-state index contributed by atoms with van der Waals surface area (Å²) >= 11 is 7.40. The van der Waals surface area contributed by atoms with Crippen LogP contribution >= 0.6 is 22.9 Å². The van der Waals surface area contributed by atoms with Gasteiger partial charge in [-0.2, -0.15) is 15.2 Å². The monoisotopic (exact) mass is 537 g/mol. The molecule has 0 unspecified atom stereocenters. The fraction of sp³-hybridized carbons (Fsp3) is 0.261. The van der Waals surface area contributed by atoms with Crippen LogP contribution in [0.3, 0.4) is 0 Å². The Bertz CT molecular complexity index is 1570. The van der Waals surface area contributed by atoms with E-state index >= 15 is 4.39 Å². The van der Waals surface area contributed by atoms with Gasteiger partial charge in [-0.05, 0) is 17.7 Å². The van der Waals surface area contributed by atoms with Gasteiger partial charge in [-0.15, -0.1) is 11.3 Å². The van der Waals surface area contributed by atoms with Crippen molar-refractivity contribution < 1.29 is 27.0 Å². The molecule has 0 spiro atoms. The maximum absolute atomic E-state index is 16.2. The Morgan fingerprint density at radius 1 is 1.31 bits per heavy atom. The Hall–Kier alpha value is -3.40. The molecule has 36 heavy (non-hydrogen) atoms. The standard InChI is InChI=1S/C23H16ClF4N5O2S/c1-34-22-31-18-11(21(32-22)33-4-5-35-9-23(27,28)8-33)6-13(24)16(17(18)26)10-2-3-14(25)19-15(10)12(7-29)20(30)36-19/h2-3,6H,4-5,8-9,30H2,1H3. The molecular weight excluding hydrogens is 522 g/mol. The van der Waals surface area contributed by atoms with Crippen LogP contribution in [0.25, 0.3) is 32.1 Å². The lowest BCUT2D eigenvalue weighted by Crippen LogP contribution is -2.38. The van der Waals surface area contributed by atoms with Crippen molar-refractivity contribution in [3.8, 4) is 23.2 Å². The van der Waals surface area contributed by atoms with E-state index in [4.69, 9.17) is 26.8 Å². The minimum absolute atomic E-state index is 0.00176. The minimum Gasteiger partial charge on any atom is -0.467 e. The first-order valence-corrected chi connectivity index (χ1v) is 11.7. The number of fused-ring (bicyclic) bond motifs is 2. The van der Waals surface area contributed by atoms with E-state index in [2.05, 4.69) is 9.97 Å². The molecule has 2 aromatic carbocycles. The molecule has 0 atom stereocenters. The van der Waals surface area contributed by atoms with Crippen molar-refractivity contribution in [2.45, 2.75) is 5.92 Å². The second-order valence-electron chi connectivity index (χ2n) is 8.06. The number of aromatic nitrogens is 2. The summed E-state index contributed by atoms with van der Waals surface area (Å²) in [6.45, 7) is -1.41. The van der Waals surface area contributed by atoms with Gasteiger partial charge in [0.05, 0.1) is 35.5 Å². The Morgan fingerprint density at radius 2 is 2.08 bits per heavy atom. The number of anilines is 2. The Balaban J connectivity index is 1.80. The summed E-state index contributed by atoms with van der Waals surface area (Å²) in [4.78, 5) is 9.57. The Labute approximate surface area is 210 Å². The van der Waals surface area contributed by atoms with E-state index in [1.165, 1.54) is 24.1 Å². The number of nitrogen functional groups attached to an aromatic ring is 1. The van der Waals surface area contributed by atoms with Crippen molar-refractivity contribution in [1.82, 2.24) is 9.97 Å². The molecular formula is C23H16ClF4N5O2S. The number of hydrogen-bond acceptors (Lipinski definition) is 8. The lowest BCUT2D eigenvalue weighted by atomic mass is 9.97. The summed E-state index contributed by atoms with van der Waals surface area (Å²) in [5.74, 6) is -4.72. The third-order valence-corrected chi connectivity index (χ3v) is 7.09. The number of halogens is 5. The molecule has 0 bridgehead atoms. The quantitative estimate of drug-likeness (QED) is 0.350. The summed E-state index contributed by atoms with van der Waals surface area (Å²) in [5.41, 5.74) is 5.64. The van der Waals surface area contributed by atoms with E-state index in [0.717, 1.165) is 17.4 Å². The summed E-state index contributed by atoms with van der Waals surface area (Å²) < 4.78 is 69.4. The van der Waals surface area contributed by atoms with E-state index in [1.54, 1.807) is 0 Å². The van der Waals surface area contributed by atoms with Gasteiger partial charge in [-0.3, -0.25) is 0 Å². The molecule has 2 aromatic heterocycles. The van der Waals surface area contributed by atoms with Crippen LogP contribution in [-0.4, -0.2) is 49.3 Å². The van der Waals surface area contributed by atoms with Crippen molar-refractivity contribution in [1.29, 1.82) is 5.26 Å². The number of benzene rings is 2. The molecule has 0 aliphatic carbocycles. The van der Waals surface area contributed by atoms with Crippen molar-refractivity contribution >= 4 is 54.7 Å². The lowest BCUT2D eigenvalue weighted by molar-refractivity contribution is -0.0564. The highest BCUT2D eigenvalue weighted by Crippen LogP contribution is 2.45. The Morgan fingerprint density at radius 3 is 2.81 bits per heavy atom. The number of nitrogens with two attached hydrogens (primary N) is 1. The maximum atomic E-state index is 16.2. The largest absolute Gasteiger partial charge is 0.467 e. The predicted molar refractivity (Wildman–Crippen MR) is 129 cm³/mol. The fourth-order valence-electron chi connectivity index (χ4n) is 4.23. The molecule has 13 heteroatoms. The molecule has 4 aromatic rings. The van der Waals surface area contributed by atoms with E-state index in [0.29, 0.717) is 0 Å². The SMILES string of the molecule is COc1nc(N2CCOCC(F)(F)C2)c2cc(Cl)c(-c3ccc(F)c4sc(N)c(C#N)c34)c(F)c2n1. The predicted octanol–water partition coefficient (Wildman–Crippen LogP) is 5.38. The van der Waals surface area contributed by atoms with Crippen molar-refractivity contribution in [2.24, 2.45) is 0 Å². The molecule has 7 nitrogen and oxygen atoms in total. The maximum Gasteiger partial charge on any atom is 0.318 e. The van der Waals surface area contributed by atoms with Crippen LogP contribution in [0, 0.1) is 23.0 Å². The van der Waals surface area contributed by atoms with Crippen LogP contribution in [0.5, 0.6) is 6.01 Å². The van der Waals surface area contributed by atoms with Crippen LogP contribution in [0.15, 0.2) is 18.2 Å². The van der Waals surface area contributed by atoms with Gasteiger partial charge < -0.3 is 20.1 Å². The summed E-state index contributed by atoms with van der Waals surface area (Å²) in [6.07, 6.45) is 0. The number of nitrogens with zero attached hydrogens (tertiary/aromatic N) is 4. The summed E-state index contributed by atoms with van der Waals surface area (Å²) in [5, 5.41) is 9.75. The first kappa shape index (κ1) is 24.3. The number of thiophene rings is 1. The molecule has 0 amide bonds. The highest BCUT2D eigenvalue weighted by molar-refractivity contribution is 7.23. The summed E-state index contributed by atoms with van der Waals surface area (Å²) in [6, 6.07) is 5.46. The number of rotatable bonds is 3. The number of alkyl halides is 2. The highest BCUT2D eigenvalue weighted by Gasteiger charge is 2.36. The first-order valence-electron chi connectivity index (χ1n) is 10.5. The molecule has 1 aliphatic rings. The van der Waals surface area contributed by atoms with Crippen LogP contribution in [0.4, 0.5) is 28.4 Å². The Kier molecular flexibility index (Phi) is 6.02. The molecule has 0 radical (unpaired) electrons. The molecule has 5 rings (SSSR count). The zero-order chi connectivity index (χ0) is 25.8. The molecule has 1 fully saturated rings. The average molecular weight is 538 g/mol. The average Bonchev–Trinajstić information content (AvgIpc) is 3.07. The van der Waals surface area contributed by atoms with Gasteiger partial charge in [0.15, 0.2) is 5.82 Å². The van der Waals surface area contributed by atoms with Crippen molar-refractivity contribution in [2.75, 3.05) is 44.0 Å².